The van der Waals surface area contributed by atoms with Crippen LogP contribution in [-0.2, 0) is 6.42 Å². The summed E-state index contributed by atoms with van der Waals surface area (Å²) in [5.74, 6) is 0. The van der Waals surface area contributed by atoms with E-state index in [0.717, 1.165) is 12.8 Å². The summed E-state index contributed by atoms with van der Waals surface area (Å²) >= 11 is 3.32. The molecule has 0 aliphatic heterocycles. The van der Waals surface area contributed by atoms with Crippen molar-refractivity contribution in [1.82, 2.24) is 9.78 Å². The summed E-state index contributed by atoms with van der Waals surface area (Å²) < 4.78 is 1.74. The molecule has 0 atom stereocenters. The molecule has 3 aromatic rings. The number of anilines is 1. The number of aryl methyl sites for hydroxylation is 1. The summed E-state index contributed by atoms with van der Waals surface area (Å²) in [5, 5.41) is 8.36. The Balaban J connectivity index is 1.64. The van der Waals surface area contributed by atoms with Gasteiger partial charge in [-0.15, -0.1) is 0 Å². The van der Waals surface area contributed by atoms with Gasteiger partial charge < -0.3 is 0 Å². The van der Waals surface area contributed by atoms with Crippen molar-refractivity contribution in [2.75, 3.05) is 5.43 Å². The Kier molecular flexibility index (Phi) is 5.74. The zero-order valence-electron chi connectivity index (χ0n) is 13.5. The maximum Gasteiger partial charge on any atom is 0.287 e. The topological polar surface area (TPSA) is 59.3 Å². The van der Waals surface area contributed by atoms with E-state index in [4.69, 9.17) is 0 Å². The van der Waals surface area contributed by atoms with Crippen LogP contribution in [-0.4, -0.2) is 16.0 Å². The summed E-state index contributed by atoms with van der Waals surface area (Å²) in [7, 11) is 0. The molecule has 0 saturated heterocycles. The molecule has 0 unspecified atom stereocenters. The summed E-state index contributed by atoms with van der Waals surface area (Å²) in [4.78, 5) is 12.4. The van der Waals surface area contributed by atoms with Crippen LogP contribution in [0.5, 0.6) is 0 Å². The van der Waals surface area contributed by atoms with Gasteiger partial charge in [0.2, 0.25) is 0 Å². The molecule has 1 N–H and O–H groups in total. The first-order valence-electron chi connectivity index (χ1n) is 7.90. The third kappa shape index (κ3) is 4.42. The van der Waals surface area contributed by atoms with Gasteiger partial charge in [0.15, 0.2) is 0 Å². The smallest absolute Gasteiger partial charge is 0.276 e. The number of aromatic nitrogens is 2. The molecular formula is C19H17BrN4O. The molecule has 0 fully saturated rings. The number of rotatable bonds is 6. The molecule has 0 aliphatic carbocycles. The van der Waals surface area contributed by atoms with Gasteiger partial charge in [-0.05, 0) is 46.5 Å². The number of halogens is 1. The van der Waals surface area contributed by atoms with Gasteiger partial charge in [-0.2, -0.15) is 14.9 Å². The van der Waals surface area contributed by atoms with Crippen LogP contribution in [0.1, 0.15) is 12.0 Å². The number of hydrogen-bond acceptors (Lipinski definition) is 4. The van der Waals surface area contributed by atoms with Crippen molar-refractivity contribution in [2.24, 2.45) is 5.10 Å². The fourth-order valence-electron chi connectivity index (χ4n) is 2.32. The fourth-order valence-corrected chi connectivity index (χ4v) is 2.68. The molecule has 0 aliphatic rings. The largest absolute Gasteiger partial charge is 0.287 e. The molecule has 1 aromatic heterocycles. The average molecular weight is 397 g/mol. The van der Waals surface area contributed by atoms with Crippen molar-refractivity contribution in [3.8, 4) is 5.69 Å². The van der Waals surface area contributed by atoms with Gasteiger partial charge in [-0.3, -0.25) is 10.2 Å². The van der Waals surface area contributed by atoms with Gasteiger partial charge >= 0.3 is 0 Å². The predicted octanol–water partition coefficient (Wildman–Crippen LogP) is 4.03. The Morgan fingerprint density at radius 3 is 2.48 bits per heavy atom. The van der Waals surface area contributed by atoms with E-state index in [9.17, 15) is 4.79 Å². The van der Waals surface area contributed by atoms with E-state index in [1.165, 1.54) is 10.2 Å². The Morgan fingerprint density at radius 2 is 1.76 bits per heavy atom. The van der Waals surface area contributed by atoms with Crippen LogP contribution in [0.15, 0.2) is 81.2 Å². The van der Waals surface area contributed by atoms with Crippen LogP contribution in [0, 0.1) is 0 Å². The Morgan fingerprint density at radius 1 is 1.08 bits per heavy atom. The van der Waals surface area contributed by atoms with Crippen LogP contribution in [0.4, 0.5) is 5.69 Å². The van der Waals surface area contributed by atoms with Crippen molar-refractivity contribution in [3.05, 3.63) is 87.3 Å². The standard InChI is InChI=1S/C19H17BrN4O/c20-18-17(23-21-13-7-10-15-8-3-1-4-9-15)14-22-24(19(18)25)16-11-5-2-6-12-16/h1-6,8-9,11-14,23H,7,10H2. The van der Waals surface area contributed by atoms with Crippen molar-refractivity contribution in [3.63, 3.8) is 0 Å². The summed E-state index contributed by atoms with van der Waals surface area (Å²) in [6.45, 7) is 0. The highest BCUT2D eigenvalue weighted by atomic mass is 79.9. The van der Waals surface area contributed by atoms with Crippen LogP contribution in [0.2, 0.25) is 0 Å². The molecular weight excluding hydrogens is 380 g/mol. The zero-order valence-corrected chi connectivity index (χ0v) is 15.1. The molecule has 1 heterocycles. The second-order valence-electron chi connectivity index (χ2n) is 5.37. The fraction of sp³-hybridized carbons (Fsp3) is 0.105. The first kappa shape index (κ1) is 17.1. The lowest BCUT2D eigenvalue weighted by atomic mass is 10.1. The van der Waals surface area contributed by atoms with Crippen LogP contribution >= 0.6 is 15.9 Å². The predicted molar refractivity (Wildman–Crippen MR) is 104 cm³/mol. The van der Waals surface area contributed by atoms with Crippen molar-refractivity contribution < 1.29 is 0 Å². The minimum absolute atomic E-state index is 0.240. The second kappa shape index (κ2) is 8.39. The lowest BCUT2D eigenvalue weighted by Gasteiger charge is -2.07. The normalized spacial score (nSPS) is 10.9. The molecule has 0 bridgehead atoms. The Labute approximate surface area is 154 Å². The quantitative estimate of drug-likeness (QED) is 0.505. The van der Waals surface area contributed by atoms with Crippen LogP contribution < -0.4 is 11.0 Å². The monoisotopic (exact) mass is 396 g/mol. The second-order valence-corrected chi connectivity index (χ2v) is 6.17. The molecule has 3 rings (SSSR count). The van der Waals surface area contributed by atoms with Crippen LogP contribution in [0.3, 0.4) is 0 Å². The van der Waals surface area contributed by atoms with Crippen molar-refractivity contribution >= 4 is 27.8 Å². The molecule has 2 aromatic carbocycles. The number of hydrazone groups is 1. The maximum atomic E-state index is 12.4. The molecule has 25 heavy (non-hydrogen) atoms. The van der Waals surface area contributed by atoms with E-state index in [2.05, 4.69) is 43.7 Å². The highest BCUT2D eigenvalue weighted by Crippen LogP contribution is 2.17. The Bertz CT molecular complexity index is 908. The van der Waals surface area contributed by atoms with Crippen molar-refractivity contribution in [2.45, 2.75) is 12.8 Å². The Hall–Kier alpha value is -2.73. The number of hydrogen-bond donors (Lipinski definition) is 1. The number of benzene rings is 2. The van der Waals surface area contributed by atoms with E-state index in [0.29, 0.717) is 15.8 Å². The van der Waals surface area contributed by atoms with E-state index < -0.39 is 0 Å². The zero-order chi connectivity index (χ0) is 17.5. The summed E-state index contributed by atoms with van der Waals surface area (Å²) in [5.41, 5.74) is 5.14. The third-order valence-corrected chi connectivity index (χ3v) is 4.37. The number of nitrogens with zero attached hydrogens (tertiary/aromatic N) is 3. The number of nitrogens with one attached hydrogen (secondary N) is 1. The lowest BCUT2D eigenvalue weighted by Crippen LogP contribution is -2.22. The first-order chi connectivity index (χ1) is 12.3. The van der Waals surface area contributed by atoms with E-state index in [1.54, 1.807) is 12.4 Å². The molecule has 126 valence electrons. The molecule has 0 amide bonds. The lowest BCUT2D eigenvalue weighted by molar-refractivity contribution is 0.801. The first-order valence-corrected chi connectivity index (χ1v) is 8.70. The van der Waals surface area contributed by atoms with Gasteiger partial charge in [-0.1, -0.05) is 48.5 Å². The minimum Gasteiger partial charge on any atom is -0.276 e. The summed E-state index contributed by atoms with van der Waals surface area (Å²) in [6, 6.07) is 19.5. The van der Waals surface area contributed by atoms with E-state index in [1.807, 2.05) is 48.5 Å². The van der Waals surface area contributed by atoms with Crippen molar-refractivity contribution in [1.29, 1.82) is 0 Å². The molecule has 5 nitrogen and oxygen atoms in total. The van der Waals surface area contributed by atoms with Crippen LogP contribution in [0.25, 0.3) is 5.69 Å². The van der Waals surface area contributed by atoms with E-state index >= 15 is 0 Å². The minimum atomic E-state index is -0.240. The molecule has 0 radical (unpaired) electrons. The third-order valence-electron chi connectivity index (χ3n) is 3.60. The van der Waals surface area contributed by atoms with Gasteiger partial charge in [0.05, 0.1) is 17.6 Å². The molecule has 6 heteroatoms. The molecule has 0 saturated carbocycles. The van der Waals surface area contributed by atoms with Gasteiger partial charge in [0.25, 0.3) is 5.56 Å². The van der Waals surface area contributed by atoms with Gasteiger partial charge in [-0.25, -0.2) is 0 Å². The van der Waals surface area contributed by atoms with E-state index in [-0.39, 0.29) is 5.56 Å². The van der Waals surface area contributed by atoms with Gasteiger partial charge in [0, 0.05) is 6.21 Å². The maximum absolute atomic E-state index is 12.4. The molecule has 0 spiro atoms. The highest BCUT2D eigenvalue weighted by molar-refractivity contribution is 9.10. The van der Waals surface area contributed by atoms with Gasteiger partial charge in [0.1, 0.15) is 4.47 Å². The number of para-hydroxylation sites is 1. The highest BCUT2D eigenvalue weighted by Gasteiger charge is 2.09. The average Bonchev–Trinajstić information content (AvgIpc) is 2.66. The SMILES string of the molecule is O=c1c(Br)c(NN=CCCc2ccccc2)cnn1-c1ccccc1. The summed E-state index contributed by atoms with van der Waals surface area (Å²) in [6.07, 6.45) is 5.10.